The van der Waals surface area contributed by atoms with E-state index in [0.717, 1.165) is 15.6 Å². The molecular weight excluding hydrogens is 560 g/mol. The normalized spacial score (nSPS) is 11.9. The fourth-order valence-electron chi connectivity index (χ4n) is 3.23. The molecule has 1 atom stereocenters. The lowest BCUT2D eigenvalue weighted by Gasteiger charge is -2.15. The predicted molar refractivity (Wildman–Crippen MR) is 140 cm³/mol. The zero-order chi connectivity index (χ0) is 24.5. The first-order chi connectivity index (χ1) is 16.4. The minimum atomic E-state index is -0.441. The molecule has 0 aromatic heterocycles. The number of hydrogen-bond donors (Lipinski definition) is 1. The van der Waals surface area contributed by atoms with Crippen molar-refractivity contribution in [2.24, 2.45) is 0 Å². The third-order valence-corrected chi connectivity index (χ3v) is 6.07. The second kappa shape index (κ2) is 12.4. The molecule has 0 saturated carbocycles. The summed E-state index contributed by atoms with van der Waals surface area (Å²) in [5, 5.41) is 12.5. The van der Waals surface area contributed by atoms with E-state index in [2.05, 4.69) is 37.2 Å². The van der Waals surface area contributed by atoms with Gasteiger partial charge in [0.1, 0.15) is 18.2 Å². The summed E-state index contributed by atoms with van der Waals surface area (Å²) in [6.45, 7) is 4.57. The Morgan fingerprint density at radius 3 is 2.44 bits per heavy atom. The van der Waals surface area contributed by atoms with Gasteiger partial charge in [0.25, 0.3) is 5.91 Å². The number of halogens is 2. The summed E-state index contributed by atoms with van der Waals surface area (Å²) in [6, 6.07) is 22.8. The first kappa shape index (κ1) is 25.5. The summed E-state index contributed by atoms with van der Waals surface area (Å²) in [4.78, 5) is 12.7. The molecule has 0 radical (unpaired) electrons. The molecule has 174 valence electrons. The lowest BCUT2D eigenvalue weighted by Crippen LogP contribution is -2.27. The van der Waals surface area contributed by atoms with Crippen LogP contribution in [0.4, 0.5) is 0 Å². The highest BCUT2D eigenvalue weighted by Crippen LogP contribution is 2.38. The first-order valence-electron chi connectivity index (χ1n) is 10.7. The number of carbonyl (C=O) groups excluding carboxylic acids is 1. The molecule has 0 fully saturated rings. The third-order valence-electron chi connectivity index (χ3n) is 4.95. The molecule has 0 unspecified atom stereocenters. The van der Waals surface area contributed by atoms with E-state index in [9.17, 15) is 10.1 Å². The van der Waals surface area contributed by atoms with Crippen molar-refractivity contribution in [3.63, 3.8) is 0 Å². The second-order valence-electron chi connectivity index (χ2n) is 7.45. The summed E-state index contributed by atoms with van der Waals surface area (Å²) < 4.78 is 13.5. The van der Waals surface area contributed by atoms with Gasteiger partial charge >= 0.3 is 0 Å². The number of rotatable bonds is 9. The van der Waals surface area contributed by atoms with E-state index < -0.39 is 5.91 Å². The largest absolute Gasteiger partial charge is 0.490 e. The van der Waals surface area contributed by atoms with Gasteiger partial charge in [0.05, 0.1) is 17.1 Å². The summed E-state index contributed by atoms with van der Waals surface area (Å²) in [5.74, 6) is 0.640. The van der Waals surface area contributed by atoms with Crippen molar-refractivity contribution in [3.05, 3.63) is 97.9 Å². The number of nitrogens with one attached hydrogen (secondary N) is 1. The number of ether oxygens (including phenoxy) is 2. The number of benzene rings is 3. The summed E-state index contributed by atoms with van der Waals surface area (Å²) in [5.41, 5.74) is 2.62. The van der Waals surface area contributed by atoms with E-state index in [1.165, 1.54) is 0 Å². The first-order valence-corrected chi connectivity index (χ1v) is 12.3. The summed E-state index contributed by atoms with van der Waals surface area (Å²) in [7, 11) is 0. The molecule has 5 nitrogen and oxygen atoms in total. The molecule has 0 spiro atoms. The number of nitriles is 1. The minimum Gasteiger partial charge on any atom is -0.490 e. The SMILES string of the molecule is CCOc1cc(/C=C(\C#N)C(=O)N[C@@H](C)c2ccccc2)cc(Br)c1OCc1ccc(Br)cc1. The molecule has 7 heteroatoms. The summed E-state index contributed by atoms with van der Waals surface area (Å²) >= 11 is 6.98. The van der Waals surface area contributed by atoms with Gasteiger partial charge in [-0.25, -0.2) is 0 Å². The van der Waals surface area contributed by atoms with Crippen LogP contribution in [0.15, 0.2) is 81.2 Å². The van der Waals surface area contributed by atoms with Crippen molar-refractivity contribution in [2.45, 2.75) is 26.5 Å². The van der Waals surface area contributed by atoms with E-state index in [1.807, 2.05) is 74.5 Å². The van der Waals surface area contributed by atoms with Gasteiger partial charge in [0, 0.05) is 4.47 Å². The number of nitrogens with zero attached hydrogens (tertiary/aromatic N) is 1. The van der Waals surface area contributed by atoms with Gasteiger partial charge in [-0.3, -0.25) is 4.79 Å². The van der Waals surface area contributed by atoms with Crippen LogP contribution in [-0.2, 0) is 11.4 Å². The smallest absolute Gasteiger partial charge is 0.262 e. The van der Waals surface area contributed by atoms with Crippen LogP contribution in [0.3, 0.4) is 0 Å². The maximum atomic E-state index is 12.7. The predicted octanol–water partition coefficient (Wildman–Crippen LogP) is 6.97. The van der Waals surface area contributed by atoms with E-state index >= 15 is 0 Å². The lowest BCUT2D eigenvalue weighted by atomic mass is 10.1. The van der Waals surface area contributed by atoms with Crippen LogP contribution in [-0.4, -0.2) is 12.5 Å². The zero-order valence-corrected chi connectivity index (χ0v) is 22.0. The van der Waals surface area contributed by atoms with E-state index in [4.69, 9.17) is 9.47 Å². The molecule has 1 amide bonds. The second-order valence-corrected chi connectivity index (χ2v) is 9.22. The summed E-state index contributed by atoms with van der Waals surface area (Å²) in [6.07, 6.45) is 1.54. The molecule has 3 rings (SSSR count). The van der Waals surface area contributed by atoms with Gasteiger partial charge in [-0.2, -0.15) is 5.26 Å². The number of hydrogen-bond acceptors (Lipinski definition) is 4. The van der Waals surface area contributed by atoms with Crippen LogP contribution in [0.2, 0.25) is 0 Å². The molecule has 3 aromatic carbocycles. The maximum absolute atomic E-state index is 12.7. The Morgan fingerprint density at radius 1 is 1.09 bits per heavy atom. The highest BCUT2D eigenvalue weighted by atomic mass is 79.9. The van der Waals surface area contributed by atoms with Crippen molar-refractivity contribution < 1.29 is 14.3 Å². The average molecular weight is 584 g/mol. The quantitative estimate of drug-likeness (QED) is 0.218. The third kappa shape index (κ3) is 6.96. The molecule has 0 heterocycles. The molecule has 0 saturated heterocycles. The van der Waals surface area contributed by atoms with Crippen molar-refractivity contribution in [1.29, 1.82) is 5.26 Å². The Balaban J connectivity index is 1.81. The van der Waals surface area contributed by atoms with Crippen LogP contribution in [0.1, 0.15) is 36.6 Å². The van der Waals surface area contributed by atoms with Gasteiger partial charge in [0.2, 0.25) is 0 Å². The van der Waals surface area contributed by atoms with Crippen LogP contribution >= 0.6 is 31.9 Å². The Labute approximate surface area is 216 Å². The van der Waals surface area contributed by atoms with Crippen LogP contribution in [0.5, 0.6) is 11.5 Å². The van der Waals surface area contributed by atoms with Crippen molar-refractivity contribution >= 4 is 43.8 Å². The molecule has 0 aliphatic rings. The maximum Gasteiger partial charge on any atom is 0.262 e. The van der Waals surface area contributed by atoms with E-state index in [0.29, 0.717) is 34.7 Å². The number of amides is 1. The molecule has 0 aliphatic heterocycles. The van der Waals surface area contributed by atoms with Gasteiger partial charge in [-0.05, 0) is 76.8 Å². The molecule has 3 aromatic rings. The van der Waals surface area contributed by atoms with Gasteiger partial charge in [-0.15, -0.1) is 0 Å². The monoisotopic (exact) mass is 582 g/mol. The van der Waals surface area contributed by atoms with Crippen molar-refractivity contribution in [2.75, 3.05) is 6.61 Å². The van der Waals surface area contributed by atoms with Crippen molar-refractivity contribution in [3.8, 4) is 17.6 Å². The van der Waals surface area contributed by atoms with Crippen LogP contribution < -0.4 is 14.8 Å². The highest BCUT2D eigenvalue weighted by molar-refractivity contribution is 9.10. The Morgan fingerprint density at radius 2 is 1.79 bits per heavy atom. The molecular formula is C27H24Br2N2O3. The Hall–Kier alpha value is -3.08. The topological polar surface area (TPSA) is 71.3 Å². The lowest BCUT2D eigenvalue weighted by molar-refractivity contribution is -0.117. The van der Waals surface area contributed by atoms with E-state index in [-0.39, 0.29) is 11.6 Å². The Bertz CT molecular complexity index is 1200. The van der Waals surface area contributed by atoms with Gasteiger partial charge in [0.15, 0.2) is 11.5 Å². The Kier molecular flexibility index (Phi) is 9.32. The van der Waals surface area contributed by atoms with Crippen LogP contribution in [0, 0.1) is 11.3 Å². The average Bonchev–Trinajstić information content (AvgIpc) is 2.83. The number of carbonyl (C=O) groups is 1. The van der Waals surface area contributed by atoms with E-state index in [1.54, 1.807) is 18.2 Å². The minimum absolute atomic E-state index is 0.000612. The molecule has 0 bridgehead atoms. The molecule has 0 aliphatic carbocycles. The van der Waals surface area contributed by atoms with Crippen molar-refractivity contribution in [1.82, 2.24) is 5.32 Å². The van der Waals surface area contributed by atoms with Gasteiger partial charge < -0.3 is 14.8 Å². The van der Waals surface area contributed by atoms with Gasteiger partial charge in [-0.1, -0.05) is 58.4 Å². The van der Waals surface area contributed by atoms with Crippen LogP contribution in [0.25, 0.3) is 6.08 Å². The zero-order valence-electron chi connectivity index (χ0n) is 18.8. The fourth-order valence-corrected chi connectivity index (χ4v) is 4.06. The standard InChI is InChI=1S/C27H24Br2N2O3/c1-3-33-25-15-20(14-24(29)26(25)34-17-19-9-11-23(28)12-10-19)13-22(16-30)27(32)31-18(2)21-7-5-4-6-8-21/h4-15,18H,3,17H2,1-2H3,(H,31,32)/b22-13+/t18-/m0/s1. The highest BCUT2D eigenvalue weighted by Gasteiger charge is 2.16. The molecule has 34 heavy (non-hydrogen) atoms. The fraction of sp³-hybridized carbons (Fsp3) is 0.185. The molecule has 1 N–H and O–H groups in total.